The molecule has 0 aliphatic heterocycles. The van der Waals surface area contributed by atoms with E-state index in [1.165, 1.54) is 19.3 Å². The van der Waals surface area contributed by atoms with Gasteiger partial charge in [-0.15, -0.1) is 0 Å². The molecule has 15 heavy (non-hydrogen) atoms. The van der Waals surface area contributed by atoms with Gasteiger partial charge in [-0.05, 0) is 24.5 Å². The van der Waals surface area contributed by atoms with Gasteiger partial charge in [0.25, 0.3) is 0 Å². The second-order valence-corrected chi connectivity index (χ2v) is 4.85. The molecule has 0 unspecified atom stereocenters. The third kappa shape index (κ3) is 2.31. The van der Waals surface area contributed by atoms with Crippen LogP contribution in [0.5, 0.6) is 0 Å². The van der Waals surface area contributed by atoms with Crippen molar-refractivity contribution < 1.29 is 9.21 Å². The van der Waals surface area contributed by atoms with Crippen molar-refractivity contribution in [2.75, 3.05) is 0 Å². The molecule has 1 aliphatic carbocycles. The van der Waals surface area contributed by atoms with Gasteiger partial charge in [0.2, 0.25) is 0 Å². The standard InChI is InChI=1S/C13H18O2/c1-13(6-3-2-4-7-13)12(14)9-11-5-8-15-10-11/h5,8,10H,2-4,6-7,9H2,1H3. The Kier molecular flexibility index (Phi) is 2.94. The van der Waals surface area contributed by atoms with E-state index in [1.807, 2.05) is 6.07 Å². The lowest BCUT2D eigenvalue weighted by Gasteiger charge is -2.31. The van der Waals surface area contributed by atoms with Crippen molar-refractivity contribution in [3.05, 3.63) is 24.2 Å². The molecule has 1 aliphatic rings. The van der Waals surface area contributed by atoms with Gasteiger partial charge in [-0.2, -0.15) is 0 Å². The summed E-state index contributed by atoms with van der Waals surface area (Å²) >= 11 is 0. The van der Waals surface area contributed by atoms with E-state index in [-0.39, 0.29) is 5.41 Å². The molecule has 2 nitrogen and oxygen atoms in total. The van der Waals surface area contributed by atoms with E-state index < -0.39 is 0 Å². The van der Waals surface area contributed by atoms with Crippen LogP contribution >= 0.6 is 0 Å². The first kappa shape index (κ1) is 10.5. The van der Waals surface area contributed by atoms with E-state index in [0.717, 1.165) is 18.4 Å². The summed E-state index contributed by atoms with van der Waals surface area (Å²) in [5.74, 6) is 0.378. The van der Waals surface area contributed by atoms with Gasteiger partial charge in [0.05, 0.1) is 12.5 Å². The van der Waals surface area contributed by atoms with Crippen LogP contribution in [0.4, 0.5) is 0 Å². The fourth-order valence-electron chi connectivity index (χ4n) is 2.40. The average Bonchev–Trinajstić information content (AvgIpc) is 2.71. The van der Waals surface area contributed by atoms with Gasteiger partial charge in [-0.1, -0.05) is 26.2 Å². The summed E-state index contributed by atoms with van der Waals surface area (Å²) in [6.45, 7) is 2.12. The number of carbonyl (C=O) groups excluding carboxylic acids is 1. The molecule has 0 spiro atoms. The van der Waals surface area contributed by atoms with Crippen LogP contribution in [0.15, 0.2) is 23.0 Å². The molecule has 2 heteroatoms. The minimum absolute atomic E-state index is 0.0739. The van der Waals surface area contributed by atoms with E-state index in [9.17, 15) is 4.79 Å². The minimum atomic E-state index is -0.0739. The molecular formula is C13H18O2. The molecule has 1 heterocycles. The highest BCUT2D eigenvalue weighted by Gasteiger charge is 2.33. The van der Waals surface area contributed by atoms with Gasteiger partial charge in [0, 0.05) is 11.8 Å². The molecule has 1 fully saturated rings. The number of hydrogen-bond acceptors (Lipinski definition) is 2. The van der Waals surface area contributed by atoms with Crippen molar-refractivity contribution in [2.45, 2.75) is 45.4 Å². The van der Waals surface area contributed by atoms with Gasteiger partial charge in [-0.3, -0.25) is 4.79 Å². The molecule has 1 aromatic heterocycles. The Hall–Kier alpha value is -1.05. The normalized spacial score (nSPS) is 20.1. The van der Waals surface area contributed by atoms with Crippen LogP contribution in [0, 0.1) is 5.41 Å². The lowest BCUT2D eigenvalue weighted by Crippen LogP contribution is -2.31. The number of ketones is 1. The summed E-state index contributed by atoms with van der Waals surface area (Å²) < 4.78 is 4.98. The summed E-state index contributed by atoms with van der Waals surface area (Å²) in [7, 11) is 0. The van der Waals surface area contributed by atoms with Gasteiger partial charge >= 0.3 is 0 Å². The van der Waals surface area contributed by atoms with E-state index in [2.05, 4.69) is 6.92 Å². The maximum absolute atomic E-state index is 12.1. The summed E-state index contributed by atoms with van der Waals surface area (Å²) in [4.78, 5) is 12.1. The molecule has 1 saturated carbocycles. The van der Waals surface area contributed by atoms with Crippen LogP contribution < -0.4 is 0 Å². The third-order valence-electron chi connectivity index (χ3n) is 3.58. The lowest BCUT2D eigenvalue weighted by atomic mass is 9.71. The quantitative estimate of drug-likeness (QED) is 0.759. The Bertz CT molecular complexity index is 318. The minimum Gasteiger partial charge on any atom is -0.472 e. The molecule has 1 aromatic rings. The summed E-state index contributed by atoms with van der Waals surface area (Å²) in [5.41, 5.74) is 0.932. The number of furan rings is 1. The van der Waals surface area contributed by atoms with Gasteiger partial charge in [0.15, 0.2) is 0 Å². The van der Waals surface area contributed by atoms with Crippen LogP contribution in [0.2, 0.25) is 0 Å². The van der Waals surface area contributed by atoms with Crippen LogP contribution in [0.1, 0.15) is 44.6 Å². The van der Waals surface area contributed by atoms with E-state index in [1.54, 1.807) is 12.5 Å². The van der Waals surface area contributed by atoms with Crippen molar-refractivity contribution in [1.82, 2.24) is 0 Å². The topological polar surface area (TPSA) is 30.2 Å². The molecule has 82 valence electrons. The van der Waals surface area contributed by atoms with Crippen molar-refractivity contribution in [3.8, 4) is 0 Å². The zero-order valence-electron chi connectivity index (χ0n) is 9.29. The van der Waals surface area contributed by atoms with Gasteiger partial charge in [0.1, 0.15) is 5.78 Å². The van der Waals surface area contributed by atoms with Crippen LogP contribution in [0.25, 0.3) is 0 Å². The fraction of sp³-hybridized carbons (Fsp3) is 0.615. The highest BCUT2D eigenvalue weighted by atomic mass is 16.3. The zero-order chi connectivity index (χ0) is 10.7. The van der Waals surface area contributed by atoms with Crippen LogP contribution in [-0.2, 0) is 11.2 Å². The molecule has 0 radical (unpaired) electrons. The Labute approximate surface area is 90.7 Å². The number of hydrogen-bond donors (Lipinski definition) is 0. The molecule has 0 N–H and O–H groups in total. The Morgan fingerprint density at radius 2 is 2.13 bits per heavy atom. The first-order valence-electron chi connectivity index (χ1n) is 5.75. The third-order valence-corrected chi connectivity index (χ3v) is 3.58. The van der Waals surface area contributed by atoms with Crippen molar-refractivity contribution in [1.29, 1.82) is 0 Å². The number of carbonyl (C=O) groups is 1. The Balaban J connectivity index is 2.00. The second kappa shape index (κ2) is 4.21. The summed E-state index contributed by atoms with van der Waals surface area (Å²) in [6.07, 6.45) is 9.64. The van der Waals surface area contributed by atoms with Crippen LogP contribution in [0.3, 0.4) is 0 Å². The van der Waals surface area contributed by atoms with Crippen molar-refractivity contribution in [3.63, 3.8) is 0 Å². The maximum Gasteiger partial charge on any atom is 0.143 e. The summed E-state index contributed by atoms with van der Waals surface area (Å²) in [6, 6.07) is 1.88. The van der Waals surface area contributed by atoms with E-state index in [4.69, 9.17) is 4.42 Å². The zero-order valence-corrected chi connectivity index (χ0v) is 9.29. The second-order valence-electron chi connectivity index (χ2n) is 4.85. The molecule has 0 bridgehead atoms. The fourth-order valence-corrected chi connectivity index (χ4v) is 2.40. The SMILES string of the molecule is CC1(C(=O)Cc2ccoc2)CCCCC1. The average molecular weight is 206 g/mol. The van der Waals surface area contributed by atoms with Gasteiger partial charge in [-0.25, -0.2) is 0 Å². The number of Topliss-reactive ketones (excluding diaryl/α,β-unsaturated/α-hetero) is 1. The first-order valence-corrected chi connectivity index (χ1v) is 5.75. The predicted octanol–water partition coefficient (Wildman–Crippen LogP) is 3.36. The van der Waals surface area contributed by atoms with Gasteiger partial charge < -0.3 is 4.42 Å². The Morgan fingerprint density at radius 1 is 1.40 bits per heavy atom. The first-order chi connectivity index (χ1) is 7.21. The van der Waals surface area contributed by atoms with E-state index >= 15 is 0 Å². The molecule has 0 aromatic carbocycles. The van der Waals surface area contributed by atoms with Crippen LogP contribution in [-0.4, -0.2) is 5.78 Å². The van der Waals surface area contributed by atoms with Crippen molar-refractivity contribution in [2.24, 2.45) is 5.41 Å². The number of rotatable bonds is 3. The largest absolute Gasteiger partial charge is 0.472 e. The highest BCUT2D eigenvalue weighted by Crippen LogP contribution is 2.37. The van der Waals surface area contributed by atoms with E-state index in [0.29, 0.717) is 12.2 Å². The molecule has 0 amide bonds. The predicted molar refractivity (Wildman–Crippen MR) is 58.6 cm³/mol. The molecule has 0 atom stereocenters. The summed E-state index contributed by atoms with van der Waals surface area (Å²) in [5, 5.41) is 0. The maximum atomic E-state index is 12.1. The monoisotopic (exact) mass is 206 g/mol. The molecular weight excluding hydrogens is 188 g/mol. The lowest BCUT2D eigenvalue weighted by molar-refractivity contribution is -0.128. The Morgan fingerprint density at radius 3 is 2.73 bits per heavy atom. The molecule has 2 rings (SSSR count). The molecule has 0 saturated heterocycles. The smallest absolute Gasteiger partial charge is 0.143 e. The van der Waals surface area contributed by atoms with Crippen molar-refractivity contribution >= 4 is 5.78 Å². The highest BCUT2D eigenvalue weighted by molar-refractivity contribution is 5.86.